The fourth-order valence-corrected chi connectivity index (χ4v) is 4.79. The summed E-state index contributed by atoms with van der Waals surface area (Å²) in [6.45, 7) is 7.87. The molecule has 1 aromatic carbocycles. The molecule has 1 aromatic rings. The molecule has 0 amide bonds. The highest BCUT2D eigenvalue weighted by atomic mass is 32.2. The third kappa shape index (κ3) is 5.34. The van der Waals surface area contributed by atoms with Gasteiger partial charge in [0.05, 0.1) is 0 Å². The van der Waals surface area contributed by atoms with Gasteiger partial charge in [-0.1, -0.05) is 50.8 Å². The summed E-state index contributed by atoms with van der Waals surface area (Å²) in [5.74, 6) is 3.05. The summed E-state index contributed by atoms with van der Waals surface area (Å²) >= 11 is 2.02. The molecule has 1 nitrogen and oxygen atoms in total. The van der Waals surface area contributed by atoms with Crippen LogP contribution in [0.3, 0.4) is 0 Å². The van der Waals surface area contributed by atoms with Gasteiger partial charge >= 0.3 is 0 Å². The summed E-state index contributed by atoms with van der Waals surface area (Å²) in [5, 5.41) is 3.76. The van der Waals surface area contributed by atoms with Crippen LogP contribution in [-0.2, 0) is 0 Å². The lowest BCUT2D eigenvalue weighted by Gasteiger charge is -2.34. The van der Waals surface area contributed by atoms with Crippen molar-refractivity contribution < 1.29 is 0 Å². The van der Waals surface area contributed by atoms with Crippen molar-refractivity contribution >= 4 is 11.8 Å². The van der Waals surface area contributed by atoms with Crippen LogP contribution in [0.25, 0.3) is 0 Å². The van der Waals surface area contributed by atoms with Crippen molar-refractivity contribution in [1.82, 2.24) is 5.32 Å². The average Bonchev–Trinajstić information content (AvgIpc) is 2.51. The largest absolute Gasteiger partial charge is 0.313 e. The molecule has 1 saturated carbocycles. The first-order valence-corrected chi connectivity index (χ1v) is 9.64. The van der Waals surface area contributed by atoms with E-state index in [4.69, 9.17) is 0 Å². The van der Waals surface area contributed by atoms with Crippen molar-refractivity contribution in [3.63, 3.8) is 0 Å². The van der Waals surface area contributed by atoms with E-state index in [0.29, 0.717) is 6.04 Å². The Hall–Kier alpha value is -0.470. The van der Waals surface area contributed by atoms with Crippen LogP contribution >= 0.6 is 11.8 Å². The quantitative estimate of drug-likeness (QED) is 0.688. The first-order valence-electron chi connectivity index (χ1n) is 8.65. The maximum absolute atomic E-state index is 3.76. The summed E-state index contributed by atoms with van der Waals surface area (Å²) in [4.78, 5) is 1.42. The summed E-state index contributed by atoms with van der Waals surface area (Å²) < 4.78 is 0. The second-order valence-electron chi connectivity index (χ2n) is 6.49. The molecule has 21 heavy (non-hydrogen) atoms. The normalized spacial score (nSPS) is 24.0. The fourth-order valence-electron chi connectivity index (χ4n) is 3.58. The Balaban J connectivity index is 1.92. The van der Waals surface area contributed by atoms with Crippen molar-refractivity contribution in [3.8, 4) is 0 Å². The van der Waals surface area contributed by atoms with E-state index in [1.807, 2.05) is 11.8 Å². The fraction of sp³-hybridized carbons (Fsp3) is 0.684. The Kier molecular flexibility index (Phi) is 7.12. The van der Waals surface area contributed by atoms with E-state index in [-0.39, 0.29) is 0 Å². The molecule has 0 bridgehead atoms. The molecule has 1 aliphatic rings. The van der Waals surface area contributed by atoms with Gasteiger partial charge in [0.1, 0.15) is 0 Å². The molecule has 0 aliphatic heterocycles. The van der Waals surface area contributed by atoms with Crippen molar-refractivity contribution in [1.29, 1.82) is 0 Å². The third-order valence-corrected chi connectivity index (χ3v) is 5.97. The second-order valence-corrected chi connectivity index (χ2v) is 7.59. The van der Waals surface area contributed by atoms with E-state index in [2.05, 4.69) is 50.4 Å². The summed E-state index contributed by atoms with van der Waals surface area (Å²) in [7, 11) is 0. The Bertz CT molecular complexity index is 418. The van der Waals surface area contributed by atoms with Gasteiger partial charge in [0, 0.05) is 16.7 Å². The van der Waals surface area contributed by atoms with Crippen LogP contribution in [0.5, 0.6) is 0 Å². The smallest absolute Gasteiger partial charge is 0.0189 e. The Morgan fingerprint density at radius 2 is 2.14 bits per heavy atom. The van der Waals surface area contributed by atoms with Gasteiger partial charge in [-0.3, -0.25) is 0 Å². The monoisotopic (exact) mass is 305 g/mol. The van der Waals surface area contributed by atoms with Crippen LogP contribution in [0.4, 0.5) is 0 Å². The van der Waals surface area contributed by atoms with Crippen LogP contribution in [0.2, 0.25) is 0 Å². The van der Waals surface area contributed by atoms with Crippen molar-refractivity contribution in [2.75, 3.05) is 12.3 Å². The molecular formula is C19H31NS. The van der Waals surface area contributed by atoms with Gasteiger partial charge in [-0.25, -0.2) is 0 Å². The molecular weight excluding hydrogens is 274 g/mol. The average molecular weight is 306 g/mol. The minimum Gasteiger partial charge on any atom is -0.313 e. The van der Waals surface area contributed by atoms with E-state index in [1.165, 1.54) is 48.3 Å². The molecule has 118 valence electrons. The molecule has 3 unspecified atom stereocenters. The van der Waals surface area contributed by atoms with E-state index in [0.717, 1.165) is 18.4 Å². The lowest BCUT2D eigenvalue weighted by Crippen LogP contribution is -2.40. The van der Waals surface area contributed by atoms with Gasteiger partial charge in [-0.2, -0.15) is 0 Å². The number of rotatable bonds is 7. The standard InChI is InChI=1S/C19H31NS/c1-4-16-9-7-10-17(13-16)19(20-5-2)14-21-18-11-6-8-15(3)12-18/h6,8,11-12,16-17,19-20H,4-5,7,9-10,13-14H2,1-3H3. The van der Waals surface area contributed by atoms with Gasteiger partial charge in [0.25, 0.3) is 0 Å². The molecule has 3 atom stereocenters. The van der Waals surface area contributed by atoms with Crippen molar-refractivity contribution in [2.24, 2.45) is 11.8 Å². The maximum Gasteiger partial charge on any atom is 0.0189 e. The maximum atomic E-state index is 3.76. The van der Waals surface area contributed by atoms with E-state index < -0.39 is 0 Å². The first kappa shape index (κ1) is 16.9. The number of benzene rings is 1. The lowest BCUT2D eigenvalue weighted by atomic mass is 9.77. The van der Waals surface area contributed by atoms with Crippen LogP contribution in [0, 0.1) is 18.8 Å². The molecule has 1 N–H and O–H groups in total. The molecule has 1 aliphatic carbocycles. The Morgan fingerprint density at radius 1 is 1.29 bits per heavy atom. The minimum absolute atomic E-state index is 0.676. The van der Waals surface area contributed by atoms with E-state index >= 15 is 0 Å². The number of nitrogens with one attached hydrogen (secondary N) is 1. The molecule has 2 rings (SSSR count). The summed E-state index contributed by atoms with van der Waals surface area (Å²) in [6, 6.07) is 9.58. The predicted molar refractivity (Wildman–Crippen MR) is 95.1 cm³/mol. The summed E-state index contributed by atoms with van der Waals surface area (Å²) in [5.41, 5.74) is 1.36. The zero-order valence-corrected chi connectivity index (χ0v) is 14.7. The molecule has 2 heteroatoms. The van der Waals surface area contributed by atoms with Crippen LogP contribution in [0.15, 0.2) is 29.2 Å². The molecule has 0 spiro atoms. The Morgan fingerprint density at radius 3 is 2.86 bits per heavy atom. The molecule has 0 heterocycles. The van der Waals surface area contributed by atoms with Gasteiger partial charge in [0.15, 0.2) is 0 Å². The second kappa shape index (κ2) is 8.85. The van der Waals surface area contributed by atoms with E-state index in [1.54, 1.807) is 0 Å². The van der Waals surface area contributed by atoms with Crippen LogP contribution in [-0.4, -0.2) is 18.3 Å². The SMILES string of the molecule is CCNC(CSc1cccc(C)c1)C1CCCC(CC)C1. The number of aryl methyl sites for hydroxylation is 1. The first-order chi connectivity index (χ1) is 10.2. The number of hydrogen-bond donors (Lipinski definition) is 1. The highest BCUT2D eigenvalue weighted by molar-refractivity contribution is 7.99. The van der Waals surface area contributed by atoms with Gasteiger partial charge < -0.3 is 5.32 Å². The predicted octanol–water partition coefficient (Wildman–Crippen LogP) is 5.28. The van der Waals surface area contributed by atoms with Crippen molar-refractivity contribution in [3.05, 3.63) is 29.8 Å². The van der Waals surface area contributed by atoms with E-state index in [9.17, 15) is 0 Å². The minimum atomic E-state index is 0.676. The Labute approximate surface area is 135 Å². The summed E-state index contributed by atoms with van der Waals surface area (Å²) in [6.07, 6.45) is 7.10. The molecule has 0 aromatic heterocycles. The van der Waals surface area contributed by atoms with Crippen LogP contribution < -0.4 is 5.32 Å². The number of hydrogen-bond acceptors (Lipinski definition) is 2. The molecule has 0 radical (unpaired) electrons. The number of thioether (sulfide) groups is 1. The highest BCUT2D eigenvalue weighted by Gasteiger charge is 2.27. The molecule has 0 saturated heterocycles. The van der Waals surface area contributed by atoms with Crippen LogP contribution in [0.1, 0.15) is 51.5 Å². The van der Waals surface area contributed by atoms with Crippen molar-refractivity contribution in [2.45, 2.75) is 63.8 Å². The third-order valence-electron chi connectivity index (χ3n) is 4.86. The van der Waals surface area contributed by atoms with Gasteiger partial charge in [-0.15, -0.1) is 11.8 Å². The van der Waals surface area contributed by atoms with Gasteiger partial charge in [-0.05, 0) is 50.3 Å². The zero-order valence-electron chi connectivity index (χ0n) is 13.9. The molecule has 1 fully saturated rings. The lowest BCUT2D eigenvalue weighted by molar-refractivity contribution is 0.220. The zero-order chi connectivity index (χ0) is 15.1. The highest BCUT2D eigenvalue weighted by Crippen LogP contribution is 2.34. The van der Waals surface area contributed by atoms with Gasteiger partial charge in [0.2, 0.25) is 0 Å². The topological polar surface area (TPSA) is 12.0 Å².